The van der Waals surface area contributed by atoms with Crippen LogP contribution >= 0.6 is 15.9 Å². The van der Waals surface area contributed by atoms with E-state index in [4.69, 9.17) is 9.47 Å². The first kappa shape index (κ1) is 17.6. The van der Waals surface area contributed by atoms with Crippen molar-refractivity contribution >= 4 is 27.8 Å². The number of carboxylic acid groups (broad SMARTS) is 1. The third-order valence-corrected chi connectivity index (χ3v) is 4.14. The fourth-order valence-electron chi connectivity index (χ4n) is 2.29. The number of nitrogens with one attached hydrogen (secondary N) is 1. The van der Waals surface area contributed by atoms with Crippen LogP contribution < -0.4 is 14.8 Å². The van der Waals surface area contributed by atoms with Gasteiger partial charge in [0.05, 0.1) is 4.47 Å². The Morgan fingerprint density at radius 2 is 2.17 bits per heavy atom. The van der Waals surface area contributed by atoms with Crippen molar-refractivity contribution < 1.29 is 24.2 Å². The highest BCUT2D eigenvalue weighted by Gasteiger charge is 2.23. The average Bonchev–Trinajstić information content (AvgIpc) is 2.94. The number of carboxylic acids is 1. The molecule has 1 aromatic rings. The molecule has 1 unspecified atom stereocenters. The van der Waals surface area contributed by atoms with Gasteiger partial charge in [-0.25, -0.2) is 0 Å². The highest BCUT2D eigenvalue weighted by Crippen LogP contribution is 2.40. The standard InChI is InChI=1S/C15H19BrN2O5/c1-9(15(20)21)18(4-3-17-10(2)19)7-11-5-12(16)14-13(6-11)22-8-23-14/h5-6,9H,3-4,7-8H2,1-2H3,(H,17,19)(H,20,21). The molecule has 126 valence electrons. The predicted octanol–water partition coefficient (Wildman–Crippen LogP) is 1.59. The lowest BCUT2D eigenvalue weighted by Crippen LogP contribution is -2.42. The molecule has 0 aromatic heterocycles. The molecule has 0 spiro atoms. The van der Waals surface area contributed by atoms with Crippen LogP contribution in [-0.2, 0) is 16.1 Å². The number of hydrogen-bond acceptors (Lipinski definition) is 5. The highest BCUT2D eigenvalue weighted by atomic mass is 79.9. The van der Waals surface area contributed by atoms with Crippen molar-refractivity contribution in [3.63, 3.8) is 0 Å². The molecule has 23 heavy (non-hydrogen) atoms. The molecular formula is C15H19BrN2O5. The quantitative estimate of drug-likeness (QED) is 0.739. The van der Waals surface area contributed by atoms with Crippen LogP contribution in [0.4, 0.5) is 0 Å². The Bertz CT molecular complexity index is 608. The first-order valence-corrected chi connectivity index (χ1v) is 7.97. The van der Waals surface area contributed by atoms with Crippen molar-refractivity contribution in [3.05, 3.63) is 22.2 Å². The van der Waals surface area contributed by atoms with Crippen molar-refractivity contribution in [2.75, 3.05) is 19.9 Å². The van der Waals surface area contributed by atoms with Crippen LogP contribution in [0.3, 0.4) is 0 Å². The summed E-state index contributed by atoms with van der Waals surface area (Å²) in [5, 5.41) is 11.9. The molecule has 1 aliphatic rings. The lowest BCUT2D eigenvalue weighted by molar-refractivity contribution is -0.142. The number of hydrogen-bond donors (Lipinski definition) is 2. The Morgan fingerprint density at radius 3 is 2.83 bits per heavy atom. The summed E-state index contributed by atoms with van der Waals surface area (Å²) in [5.41, 5.74) is 0.900. The molecule has 0 bridgehead atoms. The molecule has 2 N–H and O–H groups in total. The molecule has 1 aliphatic heterocycles. The summed E-state index contributed by atoms with van der Waals surface area (Å²) in [6.45, 7) is 4.47. The van der Waals surface area contributed by atoms with Crippen LogP contribution in [0, 0.1) is 0 Å². The number of rotatable bonds is 7. The van der Waals surface area contributed by atoms with Gasteiger partial charge >= 0.3 is 5.97 Å². The second-order valence-corrected chi connectivity index (χ2v) is 6.13. The van der Waals surface area contributed by atoms with E-state index in [1.165, 1.54) is 6.92 Å². The minimum atomic E-state index is -0.910. The van der Waals surface area contributed by atoms with Gasteiger partial charge in [0.1, 0.15) is 6.04 Å². The summed E-state index contributed by atoms with van der Waals surface area (Å²) in [5.74, 6) is 0.246. The van der Waals surface area contributed by atoms with Gasteiger partial charge in [-0.1, -0.05) is 0 Å². The number of aliphatic carboxylic acids is 1. The maximum atomic E-state index is 11.3. The van der Waals surface area contributed by atoms with Gasteiger partial charge in [0.25, 0.3) is 0 Å². The molecule has 0 aliphatic carbocycles. The topological polar surface area (TPSA) is 88.1 Å². The second-order valence-electron chi connectivity index (χ2n) is 5.28. The zero-order valence-corrected chi connectivity index (χ0v) is 14.6. The zero-order valence-electron chi connectivity index (χ0n) is 13.0. The smallest absolute Gasteiger partial charge is 0.320 e. The Hall–Kier alpha value is -1.80. The van der Waals surface area contributed by atoms with E-state index >= 15 is 0 Å². The van der Waals surface area contributed by atoms with Crippen molar-refractivity contribution in [3.8, 4) is 11.5 Å². The lowest BCUT2D eigenvalue weighted by atomic mass is 10.1. The predicted molar refractivity (Wildman–Crippen MR) is 86.5 cm³/mol. The van der Waals surface area contributed by atoms with Crippen LogP contribution in [0.5, 0.6) is 11.5 Å². The van der Waals surface area contributed by atoms with Gasteiger partial charge in [-0.3, -0.25) is 14.5 Å². The molecule has 0 fully saturated rings. The Kier molecular flexibility index (Phi) is 5.84. The Balaban J connectivity index is 2.11. The van der Waals surface area contributed by atoms with E-state index in [0.29, 0.717) is 31.1 Å². The van der Waals surface area contributed by atoms with E-state index in [9.17, 15) is 14.7 Å². The monoisotopic (exact) mass is 386 g/mol. The van der Waals surface area contributed by atoms with Gasteiger partial charge < -0.3 is 19.9 Å². The molecule has 2 rings (SSSR count). The Morgan fingerprint density at radius 1 is 1.43 bits per heavy atom. The number of halogens is 1. The summed E-state index contributed by atoms with van der Waals surface area (Å²) in [6.07, 6.45) is 0. The molecule has 1 amide bonds. The maximum absolute atomic E-state index is 11.3. The molecule has 0 saturated heterocycles. The van der Waals surface area contributed by atoms with E-state index < -0.39 is 12.0 Å². The molecule has 0 saturated carbocycles. The average molecular weight is 387 g/mol. The first-order chi connectivity index (χ1) is 10.9. The van der Waals surface area contributed by atoms with E-state index in [2.05, 4.69) is 21.2 Å². The zero-order chi connectivity index (χ0) is 17.0. The van der Waals surface area contributed by atoms with Gasteiger partial charge in [-0.2, -0.15) is 0 Å². The number of carbonyl (C=O) groups excluding carboxylic acids is 1. The number of fused-ring (bicyclic) bond motifs is 1. The Labute approximate surface area is 142 Å². The number of benzene rings is 1. The minimum Gasteiger partial charge on any atom is -0.480 e. The fraction of sp³-hybridized carbons (Fsp3) is 0.467. The van der Waals surface area contributed by atoms with E-state index in [-0.39, 0.29) is 12.7 Å². The van der Waals surface area contributed by atoms with Gasteiger partial charge in [-0.15, -0.1) is 0 Å². The van der Waals surface area contributed by atoms with Crippen molar-refractivity contribution in [2.45, 2.75) is 26.4 Å². The molecule has 7 nitrogen and oxygen atoms in total. The number of nitrogens with zero attached hydrogens (tertiary/aromatic N) is 1. The highest BCUT2D eigenvalue weighted by molar-refractivity contribution is 9.10. The second kappa shape index (κ2) is 7.65. The summed E-state index contributed by atoms with van der Waals surface area (Å²) in [4.78, 5) is 24.1. The van der Waals surface area contributed by atoms with E-state index in [1.807, 2.05) is 12.1 Å². The normalized spacial score (nSPS) is 13.9. The van der Waals surface area contributed by atoms with Crippen LogP contribution in [0.25, 0.3) is 0 Å². The van der Waals surface area contributed by atoms with Gasteiger partial charge in [0, 0.05) is 26.6 Å². The lowest BCUT2D eigenvalue weighted by Gasteiger charge is -2.26. The summed E-state index contributed by atoms with van der Waals surface area (Å²) < 4.78 is 11.5. The van der Waals surface area contributed by atoms with Crippen molar-refractivity contribution in [1.29, 1.82) is 0 Å². The van der Waals surface area contributed by atoms with Gasteiger partial charge in [-0.05, 0) is 40.5 Å². The van der Waals surface area contributed by atoms with Crippen LogP contribution in [0.15, 0.2) is 16.6 Å². The molecule has 8 heteroatoms. The molecular weight excluding hydrogens is 368 g/mol. The summed E-state index contributed by atoms with van der Waals surface area (Å²) >= 11 is 3.43. The van der Waals surface area contributed by atoms with Crippen LogP contribution in [-0.4, -0.2) is 47.8 Å². The van der Waals surface area contributed by atoms with Crippen molar-refractivity contribution in [2.24, 2.45) is 0 Å². The van der Waals surface area contributed by atoms with Gasteiger partial charge in [0.2, 0.25) is 12.7 Å². The third kappa shape index (κ3) is 4.59. The van der Waals surface area contributed by atoms with E-state index in [0.717, 1.165) is 10.0 Å². The molecule has 1 heterocycles. The SMILES string of the molecule is CC(=O)NCCN(Cc1cc(Br)c2c(c1)OCO2)C(C)C(=O)O. The number of carbonyl (C=O) groups is 2. The maximum Gasteiger partial charge on any atom is 0.320 e. The minimum absolute atomic E-state index is 0.140. The number of amides is 1. The molecule has 0 radical (unpaired) electrons. The third-order valence-electron chi connectivity index (χ3n) is 3.55. The van der Waals surface area contributed by atoms with Crippen LogP contribution in [0.2, 0.25) is 0 Å². The summed E-state index contributed by atoms with van der Waals surface area (Å²) in [6, 6.07) is 3.05. The van der Waals surface area contributed by atoms with Crippen LogP contribution in [0.1, 0.15) is 19.4 Å². The van der Waals surface area contributed by atoms with E-state index in [1.54, 1.807) is 11.8 Å². The fourth-order valence-corrected chi connectivity index (χ4v) is 2.89. The molecule has 1 atom stereocenters. The number of ether oxygens (including phenoxy) is 2. The van der Waals surface area contributed by atoms with Gasteiger partial charge in [0.15, 0.2) is 11.5 Å². The first-order valence-electron chi connectivity index (χ1n) is 7.17. The van der Waals surface area contributed by atoms with Crippen molar-refractivity contribution in [1.82, 2.24) is 10.2 Å². The summed E-state index contributed by atoms with van der Waals surface area (Å²) in [7, 11) is 0. The largest absolute Gasteiger partial charge is 0.480 e. The molecule has 1 aromatic carbocycles.